The zero-order chi connectivity index (χ0) is 19.7. The number of imide groups is 3. The van der Waals surface area contributed by atoms with E-state index < -0.39 is 46.7 Å². The minimum absolute atomic E-state index is 0.131. The van der Waals surface area contributed by atoms with Crippen molar-refractivity contribution in [3.05, 3.63) is 0 Å². The van der Waals surface area contributed by atoms with E-state index in [2.05, 4.69) is 0 Å². The highest BCUT2D eigenvalue weighted by Crippen LogP contribution is 2.38. The van der Waals surface area contributed by atoms with Crippen molar-refractivity contribution in [3.63, 3.8) is 0 Å². The van der Waals surface area contributed by atoms with E-state index >= 15 is 0 Å². The number of methoxy groups -OCH3 is 1. The predicted molar refractivity (Wildman–Crippen MR) is 92.9 cm³/mol. The second-order valence-corrected chi connectivity index (χ2v) is 8.37. The van der Waals surface area contributed by atoms with Crippen LogP contribution in [0.5, 0.6) is 0 Å². The Morgan fingerprint density at radius 3 is 2.27 bits per heavy atom. The highest BCUT2D eigenvalue weighted by atomic mass is 16.6. The van der Waals surface area contributed by atoms with Gasteiger partial charge in [0.2, 0.25) is 11.8 Å². The maximum absolute atomic E-state index is 12.8. The van der Waals surface area contributed by atoms with Crippen molar-refractivity contribution < 1.29 is 28.7 Å². The Hall–Kier alpha value is -1.92. The lowest BCUT2D eigenvalue weighted by molar-refractivity contribution is -0.152. The molecule has 146 valence electrons. The summed E-state index contributed by atoms with van der Waals surface area (Å²) in [7, 11) is 1.28. The lowest BCUT2D eigenvalue weighted by Gasteiger charge is -2.34. The standard InChI is InChI=1S/C19H29NO6/c1-12-13(11-18(2,3)16(23)25-5)15(22)20(14(12)21)17(24)26-19(4)9-7-6-8-10-19/h12-13H,6-11H2,1-5H3. The van der Waals surface area contributed by atoms with Gasteiger partial charge >= 0.3 is 12.1 Å². The number of ether oxygens (including phenoxy) is 2. The zero-order valence-electron chi connectivity index (χ0n) is 16.3. The van der Waals surface area contributed by atoms with E-state index in [0.29, 0.717) is 4.90 Å². The Balaban J connectivity index is 2.13. The highest BCUT2D eigenvalue weighted by Gasteiger charge is 2.52. The van der Waals surface area contributed by atoms with Crippen molar-refractivity contribution in [2.75, 3.05) is 7.11 Å². The molecule has 1 saturated carbocycles. The minimum Gasteiger partial charge on any atom is -0.469 e. The van der Waals surface area contributed by atoms with Gasteiger partial charge in [0.05, 0.1) is 18.4 Å². The average molecular weight is 367 g/mol. The van der Waals surface area contributed by atoms with Crippen LogP contribution in [0.15, 0.2) is 0 Å². The van der Waals surface area contributed by atoms with Gasteiger partial charge in [-0.15, -0.1) is 0 Å². The fraction of sp³-hybridized carbons (Fsp3) is 0.789. The molecule has 2 aliphatic rings. The third-order valence-corrected chi connectivity index (χ3v) is 5.65. The van der Waals surface area contributed by atoms with Gasteiger partial charge in [0.15, 0.2) is 0 Å². The van der Waals surface area contributed by atoms with E-state index in [0.717, 1.165) is 32.1 Å². The molecule has 0 aromatic carbocycles. The summed E-state index contributed by atoms with van der Waals surface area (Å²) in [5, 5.41) is 0. The molecule has 7 nitrogen and oxygen atoms in total. The molecule has 26 heavy (non-hydrogen) atoms. The van der Waals surface area contributed by atoms with Crippen LogP contribution in [0.25, 0.3) is 0 Å². The van der Waals surface area contributed by atoms with Crippen LogP contribution < -0.4 is 0 Å². The second-order valence-electron chi connectivity index (χ2n) is 8.37. The monoisotopic (exact) mass is 367 g/mol. The summed E-state index contributed by atoms with van der Waals surface area (Å²) >= 11 is 0. The van der Waals surface area contributed by atoms with Crippen molar-refractivity contribution in [2.24, 2.45) is 17.3 Å². The number of nitrogens with zero attached hydrogens (tertiary/aromatic N) is 1. The van der Waals surface area contributed by atoms with E-state index in [1.165, 1.54) is 7.11 Å². The molecule has 1 aliphatic carbocycles. The van der Waals surface area contributed by atoms with Crippen LogP contribution in [-0.2, 0) is 23.9 Å². The Labute approximate surface area is 154 Å². The zero-order valence-corrected chi connectivity index (χ0v) is 16.3. The Bertz CT molecular complexity index is 605. The lowest BCUT2D eigenvalue weighted by atomic mass is 9.79. The van der Waals surface area contributed by atoms with Crippen LogP contribution in [0.4, 0.5) is 4.79 Å². The molecule has 1 heterocycles. The number of hydrogen-bond donors (Lipinski definition) is 0. The third-order valence-electron chi connectivity index (χ3n) is 5.65. The van der Waals surface area contributed by atoms with Gasteiger partial charge in [-0.25, -0.2) is 4.79 Å². The molecule has 0 aromatic heterocycles. The van der Waals surface area contributed by atoms with E-state index in [-0.39, 0.29) is 6.42 Å². The summed E-state index contributed by atoms with van der Waals surface area (Å²) in [6, 6.07) is 0. The summed E-state index contributed by atoms with van der Waals surface area (Å²) in [5.74, 6) is -3.05. The number of rotatable bonds is 4. The van der Waals surface area contributed by atoms with Gasteiger partial charge in [0.1, 0.15) is 5.60 Å². The summed E-state index contributed by atoms with van der Waals surface area (Å²) in [6.07, 6.45) is 3.69. The van der Waals surface area contributed by atoms with Gasteiger partial charge in [-0.1, -0.05) is 13.3 Å². The fourth-order valence-electron chi connectivity index (χ4n) is 3.88. The van der Waals surface area contributed by atoms with Gasteiger partial charge in [-0.05, 0) is 52.9 Å². The molecule has 1 saturated heterocycles. The number of carbonyl (C=O) groups excluding carboxylic acids is 4. The molecule has 0 radical (unpaired) electrons. The second kappa shape index (κ2) is 7.37. The number of hydrogen-bond acceptors (Lipinski definition) is 6. The molecular formula is C19H29NO6. The van der Waals surface area contributed by atoms with Crippen molar-refractivity contribution in [3.8, 4) is 0 Å². The predicted octanol–water partition coefficient (Wildman–Crippen LogP) is 3.06. The van der Waals surface area contributed by atoms with Crippen LogP contribution in [0.2, 0.25) is 0 Å². The smallest absolute Gasteiger partial charge is 0.424 e. The third kappa shape index (κ3) is 3.91. The molecule has 0 bridgehead atoms. The van der Waals surface area contributed by atoms with Crippen molar-refractivity contribution >= 4 is 23.9 Å². The normalized spacial score (nSPS) is 26.0. The molecule has 1 aliphatic heterocycles. The molecule has 0 aromatic rings. The molecule has 0 N–H and O–H groups in total. The Kier molecular flexibility index (Phi) is 5.78. The molecule has 2 unspecified atom stereocenters. The quantitative estimate of drug-likeness (QED) is 0.560. The number of esters is 1. The van der Waals surface area contributed by atoms with Gasteiger partial charge in [-0.3, -0.25) is 14.4 Å². The van der Waals surface area contributed by atoms with Crippen LogP contribution in [-0.4, -0.2) is 41.5 Å². The van der Waals surface area contributed by atoms with E-state index in [4.69, 9.17) is 9.47 Å². The maximum atomic E-state index is 12.8. The van der Waals surface area contributed by atoms with Crippen molar-refractivity contribution in [1.82, 2.24) is 4.90 Å². The van der Waals surface area contributed by atoms with Crippen molar-refractivity contribution in [1.29, 1.82) is 0 Å². The van der Waals surface area contributed by atoms with Gasteiger partial charge in [0, 0.05) is 5.92 Å². The highest BCUT2D eigenvalue weighted by molar-refractivity contribution is 6.15. The summed E-state index contributed by atoms with van der Waals surface area (Å²) < 4.78 is 10.3. The molecule has 0 spiro atoms. The largest absolute Gasteiger partial charge is 0.469 e. The van der Waals surface area contributed by atoms with E-state index in [1.54, 1.807) is 20.8 Å². The first-order valence-electron chi connectivity index (χ1n) is 9.21. The Morgan fingerprint density at radius 2 is 1.73 bits per heavy atom. The first-order valence-corrected chi connectivity index (χ1v) is 9.21. The summed E-state index contributed by atoms with van der Waals surface area (Å²) in [4.78, 5) is 50.4. The van der Waals surface area contributed by atoms with Crippen LogP contribution >= 0.6 is 0 Å². The van der Waals surface area contributed by atoms with E-state index in [1.807, 2.05) is 6.92 Å². The molecule has 2 rings (SSSR count). The number of amides is 3. The maximum Gasteiger partial charge on any atom is 0.424 e. The first kappa shape index (κ1) is 20.4. The number of carbonyl (C=O) groups is 4. The van der Waals surface area contributed by atoms with Crippen LogP contribution in [0.3, 0.4) is 0 Å². The topological polar surface area (TPSA) is 90.0 Å². The lowest BCUT2D eigenvalue weighted by Crippen LogP contribution is -2.44. The first-order chi connectivity index (χ1) is 12.0. The summed E-state index contributed by atoms with van der Waals surface area (Å²) in [5.41, 5.74) is -1.57. The fourth-order valence-corrected chi connectivity index (χ4v) is 3.88. The molecule has 3 amide bonds. The van der Waals surface area contributed by atoms with Crippen LogP contribution in [0, 0.1) is 17.3 Å². The Morgan fingerprint density at radius 1 is 1.15 bits per heavy atom. The number of likely N-dealkylation sites (tertiary alicyclic amines) is 1. The summed E-state index contributed by atoms with van der Waals surface area (Å²) in [6.45, 7) is 6.77. The molecular weight excluding hydrogens is 338 g/mol. The molecule has 2 fully saturated rings. The van der Waals surface area contributed by atoms with Gasteiger partial charge < -0.3 is 9.47 Å². The average Bonchev–Trinajstić information content (AvgIpc) is 2.77. The molecule has 2 atom stereocenters. The van der Waals surface area contributed by atoms with E-state index in [9.17, 15) is 19.2 Å². The molecule has 7 heteroatoms. The van der Waals surface area contributed by atoms with Gasteiger partial charge in [0.25, 0.3) is 0 Å². The van der Waals surface area contributed by atoms with Crippen LogP contribution in [0.1, 0.15) is 66.2 Å². The van der Waals surface area contributed by atoms with Gasteiger partial charge in [-0.2, -0.15) is 4.90 Å². The minimum atomic E-state index is -0.932. The van der Waals surface area contributed by atoms with Crippen molar-refractivity contribution in [2.45, 2.75) is 71.8 Å². The SMILES string of the molecule is COC(=O)C(C)(C)CC1C(=O)N(C(=O)OC2(C)CCCCC2)C(=O)C1C.